The van der Waals surface area contributed by atoms with E-state index >= 15 is 0 Å². The Morgan fingerprint density at radius 1 is 0.848 bits per heavy atom. The standard InChI is InChI=1S/C32H40N6O8/c39-27(38-25-11-2-1-7-20(25)17-26(38)32(45)46)13-12-24(31(43)44)37-30(42)23(36-29(41)22-9-6-15-34-19-22)10-3-4-16-35-28(40)21-8-5-14-33-18-21/h5-6,8-9,14-15,18-20,23-26H,1-4,7,10-13,16-17H2,(H,35,40)(H,36,41)(H,37,42)(H,43,44)(H,45,46)/t20-,23-,24+,25-,26-/m0/s1. The van der Waals surface area contributed by atoms with Crippen LogP contribution in [0.3, 0.4) is 0 Å². The highest BCUT2D eigenvalue weighted by Crippen LogP contribution is 2.40. The second kappa shape index (κ2) is 16.4. The summed E-state index contributed by atoms with van der Waals surface area (Å²) in [5, 5.41) is 27.5. The van der Waals surface area contributed by atoms with Gasteiger partial charge in [0, 0.05) is 43.8 Å². The van der Waals surface area contributed by atoms with Crippen molar-refractivity contribution in [1.82, 2.24) is 30.8 Å². The van der Waals surface area contributed by atoms with Crippen LogP contribution in [0.15, 0.2) is 49.1 Å². The van der Waals surface area contributed by atoms with Gasteiger partial charge in [-0.15, -0.1) is 0 Å². The summed E-state index contributed by atoms with van der Waals surface area (Å²) in [6, 6.07) is 2.69. The number of carboxylic acid groups (broad SMARTS) is 2. The Morgan fingerprint density at radius 3 is 2.15 bits per heavy atom. The first-order valence-electron chi connectivity index (χ1n) is 15.6. The second-order valence-electron chi connectivity index (χ2n) is 11.7. The molecule has 4 rings (SSSR count). The van der Waals surface area contributed by atoms with Crippen molar-refractivity contribution >= 4 is 35.6 Å². The van der Waals surface area contributed by atoms with Crippen LogP contribution >= 0.6 is 0 Å². The number of carbonyl (C=O) groups excluding carboxylic acids is 4. The van der Waals surface area contributed by atoms with Crippen molar-refractivity contribution in [3.05, 3.63) is 60.2 Å². The third-order valence-corrected chi connectivity index (χ3v) is 8.60. The molecule has 46 heavy (non-hydrogen) atoms. The SMILES string of the molecule is O=C(NCCCC[C@H](NC(=O)c1cccnc1)C(=O)N[C@H](CCC(=O)N1[C@H](C(=O)O)C[C@@H]2CCCC[C@@H]21)C(=O)O)c1cccnc1. The van der Waals surface area contributed by atoms with Crippen LogP contribution in [0.2, 0.25) is 0 Å². The van der Waals surface area contributed by atoms with Crippen LogP contribution in [0, 0.1) is 5.92 Å². The predicted octanol–water partition coefficient (Wildman–Crippen LogP) is 1.77. The van der Waals surface area contributed by atoms with Gasteiger partial charge in [0.05, 0.1) is 11.1 Å². The number of rotatable bonds is 15. The number of hydrogen-bond acceptors (Lipinski definition) is 8. The van der Waals surface area contributed by atoms with Crippen molar-refractivity contribution in [2.24, 2.45) is 5.92 Å². The number of pyridine rings is 2. The minimum absolute atomic E-state index is 0.113. The number of aliphatic carboxylic acids is 2. The zero-order valence-electron chi connectivity index (χ0n) is 25.5. The van der Waals surface area contributed by atoms with Crippen LogP contribution < -0.4 is 16.0 Å². The van der Waals surface area contributed by atoms with Crippen LogP contribution in [-0.2, 0) is 19.2 Å². The molecule has 1 aliphatic carbocycles. The number of unbranched alkanes of at least 4 members (excludes halogenated alkanes) is 1. The smallest absolute Gasteiger partial charge is 0.326 e. The first-order chi connectivity index (χ1) is 22.2. The Kier molecular flexibility index (Phi) is 12.1. The molecule has 2 aromatic heterocycles. The Labute approximate surface area is 266 Å². The molecule has 1 aliphatic heterocycles. The molecule has 0 unspecified atom stereocenters. The van der Waals surface area contributed by atoms with Gasteiger partial charge in [0.2, 0.25) is 11.8 Å². The molecular formula is C32H40N6O8. The van der Waals surface area contributed by atoms with E-state index in [-0.39, 0.29) is 42.7 Å². The predicted molar refractivity (Wildman–Crippen MR) is 163 cm³/mol. The van der Waals surface area contributed by atoms with Gasteiger partial charge in [-0.2, -0.15) is 0 Å². The number of aromatic nitrogens is 2. The molecule has 0 aromatic carbocycles. The van der Waals surface area contributed by atoms with Crippen molar-refractivity contribution < 1.29 is 39.0 Å². The van der Waals surface area contributed by atoms with Gasteiger partial charge in [0.25, 0.3) is 11.8 Å². The molecule has 5 N–H and O–H groups in total. The average Bonchev–Trinajstić information content (AvgIpc) is 3.46. The number of likely N-dealkylation sites (tertiary alicyclic amines) is 1. The van der Waals surface area contributed by atoms with Gasteiger partial charge < -0.3 is 31.1 Å². The van der Waals surface area contributed by atoms with E-state index in [9.17, 15) is 39.0 Å². The molecule has 4 amide bonds. The number of carbonyl (C=O) groups is 6. The highest BCUT2D eigenvalue weighted by molar-refractivity contribution is 5.98. The van der Waals surface area contributed by atoms with Gasteiger partial charge in [-0.05, 0) is 75.1 Å². The summed E-state index contributed by atoms with van der Waals surface area (Å²) >= 11 is 0. The number of nitrogens with zero attached hydrogens (tertiary/aromatic N) is 3. The average molecular weight is 637 g/mol. The van der Waals surface area contributed by atoms with Gasteiger partial charge >= 0.3 is 11.9 Å². The summed E-state index contributed by atoms with van der Waals surface area (Å²) in [4.78, 5) is 85.1. The Bertz CT molecular complexity index is 1390. The zero-order valence-corrected chi connectivity index (χ0v) is 25.5. The van der Waals surface area contributed by atoms with Crippen molar-refractivity contribution in [3.8, 4) is 0 Å². The third kappa shape index (κ3) is 9.08. The van der Waals surface area contributed by atoms with Gasteiger partial charge in [0.1, 0.15) is 18.1 Å². The summed E-state index contributed by atoms with van der Waals surface area (Å²) < 4.78 is 0. The lowest BCUT2D eigenvalue weighted by atomic mass is 9.84. The summed E-state index contributed by atoms with van der Waals surface area (Å²) in [7, 11) is 0. The molecule has 5 atom stereocenters. The third-order valence-electron chi connectivity index (χ3n) is 8.60. The monoisotopic (exact) mass is 636 g/mol. The lowest BCUT2D eigenvalue weighted by Gasteiger charge is -2.33. The van der Waals surface area contributed by atoms with E-state index < -0.39 is 47.8 Å². The number of amides is 4. The van der Waals surface area contributed by atoms with Gasteiger partial charge in [-0.25, -0.2) is 9.59 Å². The molecule has 0 radical (unpaired) electrons. The van der Waals surface area contributed by atoms with Crippen molar-refractivity contribution in [2.75, 3.05) is 6.54 Å². The van der Waals surface area contributed by atoms with Crippen LogP contribution in [0.25, 0.3) is 0 Å². The molecule has 3 heterocycles. The van der Waals surface area contributed by atoms with Crippen molar-refractivity contribution in [2.45, 2.75) is 88.4 Å². The molecular weight excluding hydrogens is 596 g/mol. The lowest BCUT2D eigenvalue weighted by Crippen LogP contribution is -2.52. The van der Waals surface area contributed by atoms with E-state index in [0.29, 0.717) is 37.8 Å². The molecule has 14 heteroatoms. The largest absolute Gasteiger partial charge is 0.480 e. The number of hydrogen-bond donors (Lipinski definition) is 5. The molecule has 0 spiro atoms. The molecule has 1 saturated carbocycles. The minimum atomic E-state index is -1.44. The van der Waals surface area contributed by atoms with Crippen molar-refractivity contribution in [3.63, 3.8) is 0 Å². The first kappa shape index (κ1) is 34.0. The van der Waals surface area contributed by atoms with Crippen LogP contribution in [-0.4, -0.2) is 91.4 Å². The van der Waals surface area contributed by atoms with E-state index in [1.165, 1.54) is 29.6 Å². The van der Waals surface area contributed by atoms with E-state index in [2.05, 4.69) is 25.9 Å². The quantitative estimate of drug-likeness (QED) is 0.179. The minimum Gasteiger partial charge on any atom is -0.480 e. The molecule has 0 bridgehead atoms. The maximum atomic E-state index is 13.4. The fourth-order valence-corrected chi connectivity index (χ4v) is 6.25. The van der Waals surface area contributed by atoms with Crippen LogP contribution in [0.5, 0.6) is 0 Å². The van der Waals surface area contributed by atoms with Crippen LogP contribution in [0.1, 0.15) is 84.9 Å². The zero-order chi connectivity index (χ0) is 33.1. The van der Waals surface area contributed by atoms with E-state index in [4.69, 9.17) is 0 Å². The summed E-state index contributed by atoms with van der Waals surface area (Å²) in [5.74, 6) is -4.38. The Morgan fingerprint density at radius 2 is 1.52 bits per heavy atom. The van der Waals surface area contributed by atoms with E-state index in [1.807, 2.05) is 0 Å². The van der Waals surface area contributed by atoms with E-state index in [1.54, 1.807) is 24.4 Å². The Hall–Kier alpha value is -4.88. The molecule has 2 aliphatic rings. The number of nitrogens with one attached hydrogen (secondary N) is 3. The van der Waals surface area contributed by atoms with Crippen LogP contribution in [0.4, 0.5) is 0 Å². The highest BCUT2D eigenvalue weighted by atomic mass is 16.4. The summed E-state index contributed by atoms with van der Waals surface area (Å²) in [6.45, 7) is 0.300. The summed E-state index contributed by atoms with van der Waals surface area (Å²) in [6.07, 6.45) is 10.2. The fraction of sp³-hybridized carbons (Fsp3) is 0.500. The first-order valence-corrected chi connectivity index (χ1v) is 15.6. The lowest BCUT2D eigenvalue weighted by molar-refractivity contribution is -0.150. The molecule has 2 aromatic rings. The normalized spacial score (nSPS) is 20.1. The fourth-order valence-electron chi connectivity index (χ4n) is 6.25. The molecule has 1 saturated heterocycles. The molecule has 246 valence electrons. The van der Waals surface area contributed by atoms with Gasteiger partial charge in [0.15, 0.2) is 0 Å². The summed E-state index contributed by atoms with van der Waals surface area (Å²) in [5.41, 5.74) is 0.618. The number of carboxylic acids is 2. The second-order valence-corrected chi connectivity index (χ2v) is 11.7. The highest BCUT2D eigenvalue weighted by Gasteiger charge is 2.47. The van der Waals surface area contributed by atoms with Crippen molar-refractivity contribution in [1.29, 1.82) is 0 Å². The maximum absolute atomic E-state index is 13.4. The molecule has 14 nitrogen and oxygen atoms in total. The number of fused-ring (bicyclic) bond motifs is 1. The Balaban J connectivity index is 1.35. The maximum Gasteiger partial charge on any atom is 0.326 e. The van der Waals surface area contributed by atoms with Gasteiger partial charge in [-0.3, -0.25) is 29.1 Å². The van der Waals surface area contributed by atoms with Gasteiger partial charge in [-0.1, -0.05) is 12.8 Å². The molecule has 2 fully saturated rings. The topological polar surface area (TPSA) is 208 Å². The van der Waals surface area contributed by atoms with E-state index in [0.717, 1.165) is 19.3 Å².